The number of rotatable bonds is 0. The summed E-state index contributed by atoms with van der Waals surface area (Å²) in [6.45, 7) is 0. The van der Waals surface area contributed by atoms with E-state index >= 15 is 0 Å². The molecule has 1 radical (unpaired) electrons. The average molecular weight is 441 g/mol. The van der Waals surface area contributed by atoms with Gasteiger partial charge in [-0.2, -0.15) is 0 Å². The van der Waals surface area contributed by atoms with E-state index < -0.39 is 0 Å². The third kappa shape index (κ3) is 22.9. The van der Waals surface area contributed by atoms with Crippen molar-refractivity contribution in [2.45, 2.75) is 0 Å². The maximum Gasteiger partial charge on any atom is 1.00 e. The van der Waals surface area contributed by atoms with Gasteiger partial charge in [0.1, 0.15) is 0 Å². The molecule has 0 aromatic rings. The zero-order valence-electron chi connectivity index (χ0n) is 2.46. The third-order valence-electron chi connectivity index (χ3n) is 0. The zero-order valence-corrected chi connectivity index (χ0v) is 10.5. The minimum absolute atomic E-state index is 0. The first-order valence-corrected chi connectivity index (χ1v) is 0. The standard InChI is InChI=1S/Al.Ba.FH.La.Na.Zr.5H/h;;1H;;;;;;;;/q;;;;+1;;;;;;/p-1. The molecule has 6 heteroatoms. The van der Waals surface area contributed by atoms with Gasteiger partial charge in [-0.1, -0.05) is 0 Å². The minimum atomic E-state index is 0. The Morgan fingerprint density at radius 3 is 1.00 bits per heavy atom. The molecule has 0 bridgehead atoms. The molecular weight excluding hydrogens is 436 g/mol. The molecule has 0 unspecified atom stereocenters. The average Bonchev–Trinajstić information content (AvgIpc) is 0. The second-order valence-electron chi connectivity index (χ2n) is 0. The van der Waals surface area contributed by atoms with Crippen LogP contribution in [0.3, 0.4) is 0 Å². The molecule has 0 spiro atoms. The Hall–Kier alpha value is 5.11. The number of hydrogen-bond acceptors (Lipinski definition) is 0. The van der Waals surface area contributed by atoms with Crippen LogP contribution in [0.25, 0.3) is 0 Å². The van der Waals surface area contributed by atoms with Gasteiger partial charge in [-0.15, -0.1) is 0 Å². The molecule has 25 valence electrons. The molecule has 0 aliphatic heterocycles. The van der Waals surface area contributed by atoms with Gasteiger partial charge in [0.2, 0.25) is 0 Å². The van der Waals surface area contributed by atoms with E-state index in [1.165, 1.54) is 0 Å². The maximum absolute atomic E-state index is 0. The molecule has 6 heavy (non-hydrogen) atoms. The normalized spacial score (nSPS) is 0. The topological polar surface area (TPSA) is 0 Å². The summed E-state index contributed by atoms with van der Waals surface area (Å²) >= 11 is 0. The molecule has 0 saturated heterocycles. The number of hydrogen-bond donors (Lipinski definition) is 0. The second-order valence-corrected chi connectivity index (χ2v) is 0. The molecule has 0 atom stereocenters. The van der Waals surface area contributed by atoms with Crippen LogP contribution in [0.1, 0.15) is 0 Å². The fraction of sp³-hybridized carbons (Fsp3) is 0. The van der Waals surface area contributed by atoms with Gasteiger partial charge in [0.15, 0.2) is 17.4 Å². The first-order chi connectivity index (χ1) is 0. The van der Waals surface area contributed by atoms with Crippen molar-refractivity contribution in [1.82, 2.24) is 0 Å². The first-order valence-electron chi connectivity index (χ1n) is 0. The van der Waals surface area contributed by atoms with Crippen LogP contribution in [0.15, 0.2) is 0 Å². The molecular formula is H5AlBaFLaNaZr. The largest absolute Gasteiger partial charge is 1.00 e. The summed E-state index contributed by atoms with van der Waals surface area (Å²) in [7, 11) is 0. The van der Waals surface area contributed by atoms with Crippen molar-refractivity contribution in [3.63, 3.8) is 0 Å². The van der Waals surface area contributed by atoms with E-state index in [-0.39, 0.29) is 162 Å². The van der Waals surface area contributed by atoms with Crippen LogP contribution in [-0.4, -0.2) is 66.2 Å². The van der Waals surface area contributed by atoms with E-state index in [9.17, 15) is 0 Å². The molecule has 0 aromatic carbocycles. The summed E-state index contributed by atoms with van der Waals surface area (Å²) in [5, 5.41) is 0. The Morgan fingerprint density at radius 1 is 1.00 bits per heavy atom. The fourth-order valence-electron chi connectivity index (χ4n) is 0. The monoisotopic (exact) mass is 441 g/mol. The summed E-state index contributed by atoms with van der Waals surface area (Å²) < 4.78 is 0. The molecule has 0 rings (SSSR count). The van der Waals surface area contributed by atoms with Gasteiger partial charge in [-0.05, 0) is 0 Å². The minimum Gasteiger partial charge on any atom is -1.00 e. The summed E-state index contributed by atoms with van der Waals surface area (Å²) in [6.07, 6.45) is 0. The molecule has 0 amide bonds. The Labute approximate surface area is 157 Å². The first kappa shape index (κ1) is 43.5. The van der Waals surface area contributed by atoms with Crippen molar-refractivity contribution >= 4 is 66.2 Å². The van der Waals surface area contributed by atoms with Gasteiger partial charge in [0.25, 0.3) is 0 Å². The molecule has 0 nitrogen and oxygen atoms in total. The second kappa shape index (κ2) is 32.1. The van der Waals surface area contributed by atoms with Crippen LogP contribution < -0.4 is 34.3 Å². The van der Waals surface area contributed by atoms with Crippen LogP contribution in [0.2, 0.25) is 0 Å². The van der Waals surface area contributed by atoms with Crippen LogP contribution in [0.4, 0.5) is 0 Å². The molecule has 0 aliphatic rings. The van der Waals surface area contributed by atoms with E-state index in [1.54, 1.807) is 0 Å². The zero-order chi connectivity index (χ0) is 0. The van der Waals surface area contributed by atoms with Crippen molar-refractivity contribution in [3.05, 3.63) is 0 Å². The van der Waals surface area contributed by atoms with E-state index in [1.807, 2.05) is 0 Å². The molecule has 0 fully saturated rings. The van der Waals surface area contributed by atoms with Gasteiger partial charge < -0.3 is 4.70 Å². The molecule has 0 saturated carbocycles. The predicted octanol–water partition coefficient (Wildman–Crippen LogP) is -8.09. The number of halogens is 1. The van der Waals surface area contributed by atoms with Gasteiger partial charge in [-0.25, -0.2) is 0 Å². The quantitative estimate of drug-likeness (QED) is 0.328. The summed E-state index contributed by atoms with van der Waals surface area (Å²) in [4.78, 5) is 0. The van der Waals surface area contributed by atoms with Crippen molar-refractivity contribution in [3.8, 4) is 0 Å². The van der Waals surface area contributed by atoms with Crippen LogP contribution in [0, 0.1) is 35.6 Å². The van der Waals surface area contributed by atoms with Gasteiger partial charge in [0, 0.05) is 61.8 Å². The van der Waals surface area contributed by atoms with Crippen LogP contribution in [-0.2, 0) is 26.2 Å². The maximum atomic E-state index is 0. The van der Waals surface area contributed by atoms with Crippen LogP contribution >= 0.6 is 0 Å². The van der Waals surface area contributed by atoms with Crippen LogP contribution in [0.5, 0.6) is 0 Å². The van der Waals surface area contributed by atoms with Crippen molar-refractivity contribution in [2.24, 2.45) is 0 Å². The van der Waals surface area contributed by atoms with E-state index in [0.717, 1.165) is 0 Å². The Morgan fingerprint density at radius 2 is 1.00 bits per heavy atom. The SMILES string of the molecule is [AlH3].[BaH2].[F-].[La].[Na+].[Zr]. The summed E-state index contributed by atoms with van der Waals surface area (Å²) in [5.41, 5.74) is 0. The molecule has 0 aromatic heterocycles. The predicted molar refractivity (Wildman–Crippen MR) is 18.5 cm³/mol. The third-order valence-corrected chi connectivity index (χ3v) is 0. The smallest absolute Gasteiger partial charge is 1.00 e. The van der Waals surface area contributed by atoms with E-state index in [0.29, 0.717) is 0 Å². The Bertz CT molecular complexity index is 15.5. The fourth-order valence-corrected chi connectivity index (χ4v) is 0. The summed E-state index contributed by atoms with van der Waals surface area (Å²) in [6, 6.07) is 0. The van der Waals surface area contributed by atoms with E-state index in [4.69, 9.17) is 0 Å². The van der Waals surface area contributed by atoms with Gasteiger partial charge in [0.05, 0.1) is 0 Å². The molecule has 0 N–H and O–H groups in total. The molecule has 0 heterocycles. The van der Waals surface area contributed by atoms with Crippen molar-refractivity contribution < 1.29 is 96.1 Å². The molecule has 0 aliphatic carbocycles. The van der Waals surface area contributed by atoms with Crippen molar-refractivity contribution in [1.29, 1.82) is 0 Å². The summed E-state index contributed by atoms with van der Waals surface area (Å²) in [5.74, 6) is 0. The van der Waals surface area contributed by atoms with Crippen molar-refractivity contribution in [2.75, 3.05) is 0 Å². The van der Waals surface area contributed by atoms with E-state index in [2.05, 4.69) is 0 Å². The Balaban J connectivity index is 0. The van der Waals surface area contributed by atoms with Gasteiger partial charge >= 0.3 is 78.4 Å². The van der Waals surface area contributed by atoms with Gasteiger partial charge in [-0.3, -0.25) is 0 Å². The Kier molecular flexibility index (Phi) is 233.